The van der Waals surface area contributed by atoms with Gasteiger partial charge < -0.3 is 14.5 Å². The van der Waals surface area contributed by atoms with Crippen LogP contribution in [0.1, 0.15) is 18.5 Å². The predicted octanol–water partition coefficient (Wildman–Crippen LogP) is 2.69. The summed E-state index contributed by atoms with van der Waals surface area (Å²) in [5.41, 5.74) is 3.87. The smallest absolute Gasteiger partial charge is 0.258 e. The highest BCUT2D eigenvalue weighted by molar-refractivity contribution is 5.63. The van der Waals surface area contributed by atoms with Gasteiger partial charge in [0.25, 0.3) is 5.88 Å². The number of imidazole rings is 1. The maximum absolute atomic E-state index is 5.34. The standard InChI is InChI=1S/C16H18N4O/c1-11(17-2)12-5-4-6-13(9-12)14-10-20-8-7-18-15(20)16(19-14)21-3/h4-11,17H,1-3H3/t11-/m1/s1. The van der Waals surface area contributed by atoms with Crippen molar-refractivity contribution in [3.8, 4) is 17.1 Å². The second kappa shape index (κ2) is 5.54. The Labute approximate surface area is 123 Å². The molecule has 0 amide bonds. The number of ether oxygens (including phenoxy) is 1. The summed E-state index contributed by atoms with van der Waals surface area (Å²) in [5.74, 6) is 0.532. The maximum atomic E-state index is 5.34. The maximum Gasteiger partial charge on any atom is 0.258 e. The second-order valence-corrected chi connectivity index (χ2v) is 4.93. The molecule has 0 radical (unpaired) electrons. The number of hydrogen-bond acceptors (Lipinski definition) is 4. The molecule has 5 nitrogen and oxygen atoms in total. The Morgan fingerprint density at radius 1 is 1.33 bits per heavy atom. The third-order valence-electron chi connectivity index (χ3n) is 3.65. The highest BCUT2D eigenvalue weighted by Gasteiger charge is 2.10. The van der Waals surface area contributed by atoms with E-state index in [0.29, 0.717) is 11.9 Å². The first-order valence-corrected chi connectivity index (χ1v) is 6.88. The molecule has 1 aromatic carbocycles. The molecule has 2 aromatic heterocycles. The summed E-state index contributed by atoms with van der Waals surface area (Å²) in [5, 5.41) is 3.25. The molecule has 0 bridgehead atoms. The van der Waals surface area contributed by atoms with E-state index >= 15 is 0 Å². The van der Waals surface area contributed by atoms with Crippen LogP contribution in [-0.4, -0.2) is 28.5 Å². The molecule has 0 fully saturated rings. The number of rotatable bonds is 4. The zero-order chi connectivity index (χ0) is 14.8. The van der Waals surface area contributed by atoms with Crippen molar-refractivity contribution in [1.29, 1.82) is 0 Å². The topological polar surface area (TPSA) is 51.5 Å². The van der Waals surface area contributed by atoms with E-state index in [1.165, 1.54) is 5.56 Å². The Bertz CT molecular complexity index is 766. The summed E-state index contributed by atoms with van der Waals surface area (Å²) in [7, 11) is 3.57. The summed E-state index contributed by atoms with van der Waals surface area (Å²) in [6.07, 6.45) is 5.60. The van der Waals surface area contributed by atoms with Crippen molar-refractivity contribution in [2.75, 3.05) is 14.2 Å². The van der Waals surface area contributed by atoms with E-state index in [9.17, 15) is 0 Å². The third kappa shape index (κ3) is 2.48. The van der Waals surface area contributed by atoms with E-state index < -0.39 is 0 Å². The molecule has 21 heavy (non-hydrogen) atoms. The zero-order valence-electron chi connectivity index (χ0n) is 12.4. The molecule has 0 saturated heterocycles. The third-order valence-corrected chi connectivity index (χ3v) is 3.65. The van der Waals surface area contributed by atoms with Crippen LogP contribution in [0.4, 0.5) is 0 Å². The van der Waals surface area contributed by atoms with Crippen LogP contribution in [0, 0.1) is 0 Å². The first-order chi connectivity index (χ1) is 10.2. The lowest BCUT2D eigenvalue weighted by molar-refractivity contribution is 0.400. The van der Waals surface area contributed by atoms with Gasteiger partial charge in [-0.1, -0.05) is 18.2 Å². The average Bonchev–Trinajstić information content (AvgIpc) is 3.01. The predicted molar refractivity (Wildman–Crippen MR) is 82.4 cm³/mol. The van der Waals surface area contributed by atoms with Crippen molar-refractivity contribution >= 4 is 5.65 Å². The number of methoxy groups -OCH3 is 1. The minimum Gasteiger partial charge on any atom is -0.478 e. The summed E-state index contributed by atoms with van der Waals surface area (Å²) in [6.45, 7) is 2.13. The Hall–Kier alpha value is -2.40. The molecule has 0 saturated carbocycles. The zero-order valence-corrected chi connectivity index (χ0v) is 12.4. The molecule has 0 aliphatic rings. The number of benzene rings is 1. The van der Waals surface area contributed by atoms with Gasteiger partial charge in [-0.3, -0.25) is 0 Å². The molecule has 0 aliphatic carbocycles. The first kappa shape index (κ1) is 13.6. The molecule has 2 heterocycles. The van der Waals surface area contributed by atoms with Crippen LogP contribution in [0.25, 0.3) is 16.9 Å². The molecule has 108 valence electrons. The fourth-order valence-corrected chi connectivity index (χ4v) is 2.31. The van der Waals surface area contributed by atoms with Crippen LogP contribution in [0.15, 0.2) is 42.9 Å². The number of aromatic nitrogens is 3. The van der Waals surface area contributed by atoms with E-state index in [-0.39, 0.29) is 0 Å². The molecule has 1 atom stereocenters. The normalized spacial score (nSPS) is 12.5. The average molecular weight is 282 g/mol. The van der Waals surface area contributed by atoms with Crippen LogP contribution in [0.2, 0.25) is 0 Å². The van der Waals surface area contributed by atoms with E-state index in [1.54, 1.807) is 13.3 Å². The second-order valence-electron chi connectivity index (χ2n) is 4.93. The van der Waals surface area contributed by atoms with Gasteiger partial charge in [0.05, 0.1) is 12.8 Å². The van der Waals surface area contributed by atoms with Crippen molar-refractivity contribution in [2.45, 2.75) is 13.0 Å². The lowest BCUT2D eigenvalue weighted by Crippen LogP contribution is -2.12. The van der Waals surface area contributed by atoms with Crippen molar-refractivity contribution < 1.29 is 4.74 Å². The summed E-state index contributed by atoms with van der Waals surface area (Å²) in [4.78, 5) is 8.81. The SMILES string of the molecule is CN[C@H](C)c1cccc(-c2cn3ccnc3c(OC)n2)c1. The molecule has 1 N–H and O–H groups in total. The van der Waals surface area contributed by atoms with Gasteiger partial charge in [0.15, 0.2) is 5.65 Å². The monoisotopic (exact) mass is 282 g/mol. The minimum absolute atomic E-state index is 0.295. The Kier molecular flexibility index (Phi) is 3.58. The van der Waals surface area contributed by atoms with Crippen LogP contribution in [0.3, 0.4) is 0 Å². The number of fused-ring (bicyclic) bond motifs is 1. The molecule has 3 aromatic rings. The van der Waals surface area contributed by atoms with Crippen LogP contribution >= 0.6 is 0 Å². The summed E-state index contributed by atoms with van der Waals surface area (Å²) < 4.78 is 7.27. The van der Waals surface area contributed by atoms with E-state index in [4.69, 9.17) is 4.74 Å². The number of hydrogen-bond donors (Lipinski definition) is 1. The number of nitrogens with zero attached hydrogens (tertiary/aromatic N) is 3. The molecule has 5 heteroatoms. The van der Waals surface area contributed by atoms with Gasteiger partial charge in [-0.05, 0) is 25.6 Å². The van der Waals surface area contributed by atoms with Gasteiger partial charge in [0.2, 0.25) is 0 Å². The van der Waals surface area contributed by atoms with Crippen molar-refractivity contribution in [3.05, 3.63) is 48.4 Å². The van der Waals surface area contributed by atoms with Gasteiger partial charge in [-0.15, -0.1) is 0 Å². The lowest BCUT2D eigenvalue weighted by atomic mass is 10.0. The van der Waals surface area contributed by atoms with E-state index in [1.807, 2.05) is 29.9 Å². The Morgan fingerprint density at radius 2 is 2.19 bits per heavy atom. The molecular weight excluding hydrogens is 264 g/mol. The van der Waals surface area contributed by atoms with Crippen LogP contribution in [-0.2, 0) is 0 Å². The molecule has 0 unspecified atom stereocenters. The number of nitrogens with one attached hydrogen (secondary N) is 1. The van der Waals surface area contributed by atoms with Gasteiger partial charge in [-0.2, -0.15) is 0 Å². The summed E-state index contributed by atoms with van der Waals surface area (Å²) >= 11 is 0. The Morgan fingerprint density at radius 3 is 2.95 bits per heavy atom. The largest absolute Gasteiger partial charge is 0.478 e. The Balaban J connectivity index is 2.11. The minimum atomic E-state index is 0.295. The van der Waals surface area contributed by atoms with Crippen LogP contribution in [0.5, 0.6) is 5.88 Å². The summed E-state index contributed by atoms with van der Waals surface area (Å²) in [6, 6.07) is 8.65. The van der Waals surface area contributed by atoms with Crippen LogP contribution < -0.4 is 10.1 Å². The highest BCUT2D eigenvalue weighted by atomic mass is 16.5. The van der Waals surface area contributed by atoms with E-state index in [2.05, 4.69) is 40.4 Å². The van der Waals surface area contributed by atoms with Gasteiger partial charge in [0, 0.05) is 30.2 Å². The van der Waals surface area contributed by atoms with Gasteiger partial charge in [0.1, 0.15) is 0 Å². The molecule has 3 rings (SSSR count). The van der Waals surface area contributed by atoms with Crippen molar-refractivity contribution in [1.82, 2.24) is 19.7 Å². The van der Waals surface area contributed by atoms with Crippen molar-refractivity contribution in [3.63, 3.8) is 0 Å². The quantitative estimate of drug-likeness (QED) is 0.799. The molecular formula is C16H18N4O. The molecule has 0 aliphatic heterocycles. The first-order valence-electron chi connectivity index (χ1n) is 6.88. The van der Waals surface area contributed by atoms with Gasteiger partial charge in [-0.25, -0.2) is 9.97 Å². The fraction of sp³-hybridized carbons (Fsp3) is 0.250. The molecule has 0 spiro atoms. The van der Waals surface area contributed by atoms with Gasteiger partial charge >= 0.3 is 0 Å². The lowest BCUT2D eigenvalue weighted by Gasteiger charge is -2.12. The van der Waals surface area contributed by atoms with Crippen molar-refractivity contribution in [2.24, 2.45) is 0 Å². The highest BCUT2D eigenvalue weighted by Crippen LogP contribution is 2.25. The fourth-order valence-electron chi connectivity index (χ4n) is 2.31. The van der Waals surface area contributed by atoms with E-state index in [0.717, 1.165) is 16.9 Å².